The average Bonchev–Trinajstić information content (AvgIpc) is 3.01. The zero-order valence-electron chi connectivity index (χ0n) is 10.5. The zero-order valence-corrected chi connectivity index (χ0v) is 10.5. The van der Waals surface area contributed by atoms with Crippen molar-refractivity contribution in [3.8, 4) is 11.7 Å². The molecule has 0 bridgehead atoms. The maximum absolute atomic E-state index is 5.65. The molecule has 1 fully saturated rings. The summed E-state index contributed by atoms with van der Waals surface area (Å²) >= 11 is 0. The van der Waals surface area contributed by atoms with Crippen molar-refractivity contribution >= 4 is 0 Å². The predicted molar refractivity (Wildman–Crippen MR) is 67.1 cm³/mol. The second-order valence-electron chi connectivity index (χ2n) is 4.53. The lowest BCUT2D eigenvalue weighted by atomic mass is 10.3. The van der Waals surface area contributed by atoms with Gasteiger partial charge in [-0.05, 0) is 19.1 Å². The molecule has 5 nitrogen and oxygen atoms in total. The first-order valence-electron chi connectivity index (χ1n) is 6.26. The van der Waals surface area contributed by atoms with Crippen LogP contribution in [0.3, 0.4) is 0 Å². The molecule has 1 N–H and O–H groups in total. The van der Waals surface area contributed by atoms with Gasteiger partial charge in [-0.2, -0.15) is 0 Å². The van der Waals surface area contributed by atoms with E-state index in [-0.39, 0.29) is 0 Å². The molecule has 1 saturated heterocycles. The van der Waals surface area contributed by atoms with Crippen molar-refractivity contribution in [2.24, 2.45) is 0 Å². The summed E-state index contributed by atoms with van der Waals surface area (Å²) in [5.41, 5.74) is 1.00. The standard InChI is InChI=1S/C13H17N3O2/c1-10-11(9-16-6-4-14-5-7-16)15-13(18-10)12-3-2-8-17-12/h2-3,8,14H,4-7,9H2,1H3. The summed E-state index contributed by atoms with van der Waals surface area (Å²) in [6, 6.07) is 3.70. The summed E-state index contributed by atoms with van der Waals surface area (Å²) in [4.78, 5) is 6.91. The normalized spacial score (nSPS) is 17.2. The minimum Gasteiger partial charge on any atom is -0.459 e. The third kappa shape index (κ3) is 2.32. The Kier molecular flexibility index (Phi) is 3.17. The molecule has 1 aliphatic heterocycles. The lowest BCUT2D eigenvalue weighted by Crippen LogP contribution is -2.43. The number of aryl methyl sites for hydroxylation is 1. The van der Waals surface area contributed by atoms with Crippen molar-refractivity contribution in [2.45, 2.75) is 13.5 Å². The van der Waals surface area contributed by atoms with Gasteiger partial charge < -0.3 is 14.2 Å². The summed E-state index contributed by atoms with van der Waals surface area (Å²) in [7, 11) is 0. The number of hydrogen-bond acceptors (Lipinski definition) is 5. The van der Waals surface area contributed by atoms with Crippen molar-refractivity contribution in [3.05, 3.63) is 29.9 Å². The lowest BCUT2D eigenvalue weighted by Gasteiger charge is -2.26. The second-order valence-corrected chi connectivity index (χ2v) is 4.53. The molecule has 2 aromatic rings. The Morgan fingerprint density at radius 1 is 1.39 bits per heavy atom. The fourth-order valence-corrected chi connectivity index (χ4v) is 2.16. The lowest BCUT2D eigenvalue weighted by molar-refractivity contribution is 0.230. The molecule has 5 heteroatoms. The van der Waals surface area contributed by atoms with Crippen LogP contribution in [0.15, 0.2) is 27.2 Å². The first kappa shape index (κ1) is 11.5. The molecular formula is C13H17N3O2. The van der Waals surface area contributed by atoms with Gasteiger partial charge in [0.25, 0.3) is 5.89 Å². The van der Waals surface area contributed by atoms with Gasteiger partial charge in [-0.1, -0.05) is 0 Å². The Bertz CT molecular complexity index is 498. The van der Waals surface area contributed by atoms with Gasteiger partial charge in [0, 0.05) is 32.7 Å². The van der Waals surface area contributed by atoms with Gasteiger partial charge in [-0.3, -0.25) is 4.90 Å². The van der Waals surface area contributed by atoms with Crippen LogP contribution >= 0.6 is 0 Å². The quantitative estimate of drug-likeness (QED) is 0.893. The van der Waals surface area contributed by atoms with E-state index in [1.807, 2.05) is 19.1 Å². The number of piperazine rings is 1. The van der Waals surface area contributed by atoms with E-state index in [4.69, 9.17) is 8.83 Å². The van der Waals surface area contributed by atoms with Crippen LogP contribution in [0.1, 0.15) is 11.5 Å². The van der Waals surface area contributed by atoms with Crippen LogP contribution in [-0.4, -0.2) is 36.1 Å². The Morgan fingerprint density at radius 3 is 2.94 bits per heavy atom. The summed E-state index contributed by atoms with van der Waals surface area (Å²) in [5.74, 6) is 2.13. The van der Waals surface area contributed by atoms with Crippen molar-refractivity contribution in [2.75, 3.05) is 26.2 Å². The molecule has 0 amide bonds. The highest BCUT2D eigenvalue weighted by atomic mass is 16.4. The molecule has 0 atom stereocenters. The molecule has 0 aliphatic carbocycles. The van der Waals surface area contributed by atoms with Crippen LogP contribution in [0.5, 0.6) is 0 Å². The Balaban J connectivity index is 1.76. The van der Waals surface area contributed by atoms with Gasteiger partial charge in [0.15, 0.2) is 5.76 Å². The number of hydrogen-bond donors (Lipinski definition) is 1. The molecule has 0 unspecified atom stereocenters. The van der Waals surface area contributed by atoms with Crippen molar-refractivity contribution in [1.82, 2.24) is 15.2 Å². The Hall–Kier alpha value is -1.59. The maximum atomic E-state index is 5.65. The SMILES string of the molecule is Cc1oc(-c2ccco2)nc1CN1CCNCC1. The first-order chi connectivity index (χ1) is 8.83. The number of furan rings is 1. The fraction of sp³-hybridized carbons (Fsp3) is 0.462. The number of rotatable bonds is 3. The molecule has 3 rings (SSSR count). The van der Waals surface area contributed by atoms with Crippen molar-refractivity contribution in [3.63, 3.8) is 0 Å². The maximum Gasteiger partial charge on any atom is 0.263 e. The summed E-state index contributed by atoms with van der Waals surface area (Å²) in [6.07, 6.45) is 1.63. The van der Waals surface area contributed by atoms with E-state index in [2.05, 4.69) is 15.2 Å². The number of aromatic nitrogens is 1. The molecule has 3 heterocycles. The van der Waals surface area contributed by atoms with E-state index in [1.54, 1.807) is 6.26 Å². The smallest absolute Gasteiger partial charge is 0.263 e. The highest BCUT2D eigenvalue weighted by Gasteiger charge is 2.17. The highest BCUT2D eigenvalue weighted by Crippen LogP contribution is 2.22. The average molecular weight is 247 g/mol. The predicted octanol–water partition coefficient (Wildman–Crippen LogP) is 1.65. The van der Waals surface area contributed by atoms with E-state index in [0.29, 0.717) is 11.7 Å². The summed E-state index contributed by atoms with van der Waals surface area (Å²) in [6.45, 7) is 7.00. The summed E-state index contributed by atoms with van der Waals surface area (Å²) < 4.78 is 11.0. The Morgan fingerprint density at radius 2 is 2.22 bits per heavy atom. The third-order valence-electron chi connectivity index (χ3n) is 3.21. The summed E-state index contributed by atoms with van der Waals surface area (Å²) in [5, 5.41) is 3.34. The van der Waals surface area contributed by atoms with E-state index in [0.717, 1.165) is 44.2 Å². The van der Waals surface area contributed by atoms with Crippen LogP contribution in [0.4, 0.5) is 0 Å². The molecule has 1 aliphatic rings. The van der Waals surface area contributed by atoms with Crippen LogP contribution in [0.25, 0.3) is 11.7 Å². The number of nitrogens with one attached hydrogen (secondary N) is 1. The van der Waals surface area contributed by atoms with Crippen molar-refractivity contribution in [1.29, 1.82) is 0 Å². The molecular weight excluding hydrogens is 230 g/mol. The van der Waals surface area contributed by atoms with Gasteiger partial charge in [0.05, 0.1) is 12.0 Å². The highest BCUT2D eigenvalue weighted by molar-refractivity contribution is 5.44. The van der Waals surface area contributed by atoms with Gasteiger partial charge in [-0.25, -0.2) is 4.98 Å². The van der Waals surface area contributed by atoms with E-state index in [9.17, 15) is 0 Å². The molecule has 2 aromatic heterocycles. The number of nitrogens with zero attached hydrogens (tertiary/aromatic N) is 2. The minimum atomic E-state index is 0.572. The Labute approximate surface area is 106 Å². The molecule has 96 valence electrons. The van der Waals surface area contributed by atoms with Gasteiger partial charge >= 0.3 is 0 Å². The molecule has 0 radical (unpaired) electrons. The minimum absolute atomic E-state index is 0.572. The topological polar surface area (TPSA) is 54.4 Å². The second kappa shape index (κ2) is 4.96. The van der Waals surface area contributed by atoms with Crippen LogP contribution in [-0.2, 0) is 6.54 Å². The van der Waals surface area contributed by atoms with E-state index in [1.165, 1.54) is 0 Å². The zero-order chi connectivity index (χ0) is 12.4. The monoisotopic (exact) mass is 247 g/mol. The molecule has 18 heavy (non-hydrogen) atoms. The van der Waals surface area contributed by atoms with Gasteiger partial charge in [-0.15, -0.1) is 0 Å². The van der Waals surface area contributed by atoms with Gasteiger partial charge in [0.1, 0.15) is 5.76 Å². The van der Waals surface area contributed by atoms with Crippen LogP contribution in [0.2, 0.25) is 0 Å². The number of oxazole rings is 1. The van der Waals surface area contributed by atoms with Gasteiger partial charge in [0.2, 0.25) is 0 Å². The van der Waals surface area contributed by atoms with Crippen molar-refractivity contribution < 1.29 is 8.83 Å². The molecule has 0 aromatic carbocycles. The largest absolute Gasteiger partial charge is 0.459 e. The van der Waals surface area contributed by atoms with E-state index >= 15 is 0 Å². The molecule has 0 spiro atoms. The third-order valence-corrected chi connectivity index (χ3v) is 3.21. The fourth-order valence-electron chi connectivity index (χ4n) is 2.16. The molecule has 0 saturated carbocycles. The van der Waals surface area contributed by atoms with Crippen LogP contribution in [0, 0.1) is 6.92 Å². The first-order valence-corrected chi connectivity index (χ1v) is 6.26. The van der Waals surface area contributed by atoms with Crippen LogP contribution < -0.4 is 5.32 Å². The van der Waals surface area contributed by atoms with E-state index < -0.39 is 0 Å².